The maximum Gasteiger partial charge on any atom is 0.221 e. The molecule has 0 fully saturated rings. The number of hydrazine groups is 1. The maximum absolute atomic E-state index is 8.94. The highest BCUT2D eigenvalue weighted by Crippen LogP contribution is 2.13. The lowest BCUT2D eigenvalue weighted by Crippen LogP contribution is -2.18. The molecule has 6 heteroatoms. The van der Waals surface area contributed by atoms with Crippen LogP contribution in [0.5, 0.6) is 0 Å². The van der Waals surface area contributed by atoms with Gasteiger partial charge in [0.05, 0.1) is 12.3 Å². The highest BCUT2D eigenvalue weighted by molar-refractivity contribution is 9.10. The Morgan fingerprint density at radius 2 is 2.43 bits per heavy atom. The second kappa shape index (κ2) is 8.61. The number of rotatable bonds is 3. The Hall–Kier alpha value is -0.980. The molecule has 5 nitrogen and oxygen atoms in total. The number of amides is 1. The fourth-order valence-corrected chi connectivity index (χ4v) is 1.03. The highest BCUT2D eigenvalue weighted by Gasteiger charge is 1.96. The summed E-state index contributed by atoms with van der Waals surface area (Å²) in [5, 5.41) is 0. The van der Waals surface area contributed by atoms with Crippen LogP contribution < -0.4 is 11.3 Å². The third-order valence-corrected chi connectivity index (χ3v) is 1.91. The van der Waals surface area contributed by atoms with Crippen LogP contribution in [-0.2, 0) is 16.1 Å². The fourth-order valence-electron chi connectivity index (χ4n) is 0.661. The number of nitrogens with two attached hydrogens (primary N) is 1. The predicted molar refractivity (Wildman–Crippen MR) is 56.0 cm³/mol. The largest absolute Gasteiger partial charge is 0.378 e. The zero-order valence-corrected chi connectivity index (χ0v) is 9.32. The number of halogens is 1. The second-order valence-electron chi connectivity index (χ2n) is 2.15. The molecule has 14 heavy (non-hydrogen) atoms. The molecule has 78 valence electrons. The molecule has 1 aromatic heterocycles. The molecule has 0 aliphatic rings. The number of aromatic nitrogens is 1. The number of hydrogen-bond donors (Lipinski definition) is 2. The van der Waals surface area contributed by atoms with Gasteiger partial charge in [-0.2, -0.15) is 0 Å². The summed E-state index contributed by atoms with van der Waals surface area (Å²) in [6, 6.07) is 3.82. The van der Waals surface area contributed by atoms with Gasteiger partial charge in [0.2, 0.25) is 6.41 Å². The Bertz CT molecular complexity index is 271. The Balaban J connectivity index is 0.000000364. The van der Waals surface area contributed by atoms with Crippen molar-refractivity contribution in [3.63, 3.8) is 0 Å². The van der Waals surface area contributed by atoms with Crippen LogP contribution in [0.3, 0.4) is 0 Å². The van der Waals surface area contributed by atoms with E-state index < -0.39 is 0 Å². The van der Waals surface area contributed by atoms with Gasteiger partial charge in [-0.1, -0.05) is 0 Å². The number of nitrogens with one attached hydrogen (secondary N) is 1. The number of ether oxygens (including phenoxy) is 1. The van der Waals surface area contributed by atoms with Crippen LogP contribution in [0.2, 0.25) is 0 Å². The molecule has 0 saturated carbocycles. The normalized spacial score (nSPS) is 8.50. The van der Waals surface area contributed by atoms with Crippen molar-refractivity contribution in [3.8, 4) is 0 Å². The quantitative estimate of drug-likeness (QED) is 0.362. The van der Waals surface area contributed by atoms with Gasteiger partial charge in [-0.15, -0.1) is 0 Å². The van der Waals surface area contributed by atoms with Crippen LogP contribution in [0.1, 0.15) is 5.69 Å². The fraction of sp³-hybridized carbons (Fsp3) is 0.250. The second-order valence-corrected chi connectivity index (χ2v) is 3.00. The molecule has 1 aromatic rings. The monoisotopic (exact) mass is 261 g/mol. The molecule has 0 aliphatic carbocycles. The molecule has 0 radical (unpaired) electrons. The third-order valence-electron chi connectivity index (χ3n) is 1.18. The van der Waals surface area contributed by atoms with Crippen LogP contribution in [0.25, 0.3) is 0 Å². The van der Waals surface area contributed by atoms with Crippen molar-refractivity contribution in [2.24, 2.45) is 5.84 Å². The number of nitrogens with zero attached hydrogens (tertiary/aromatic N) is 1. The Morgan fingerprint density at radius 1 is 1.79 bits per heavy atom. The topological polar surface area (TPSA) is 77.2 Å². The summed E-state index contributed by atoms with van der Waals surface area (Å²) >= 11 is 3.35. The van der Waals surface area contributed by atoms with E-state index in [2.05, 4.69) is 26.8 Å². The molecular weight excluding hydrogens is 250 g/mol. The predicted octanol–water partition coefficient (Wildman–Crippen LogP) is 0.597. The van der Waals surface area contributed by atoms with Crippen molar-refractivity contribution < 1.29 is 9.53 Å². The molecule has 0 unspecified atom stereocenters. The van der Waals surface area contributed by atoms with E-state index in [9.17, 15) is 0 Å². The smallest absolute Gasteiger partial charge is 0.221 e. The summed E-state index contributed by atoms with van der Waals surface area (Å²) in [4.78, 5) is 13.0. The first kappa shape index (κ1) is 13.0. The van der Waals surface area contributed by atoms with E-state index in [-0.39, 0.29) is 0 Å². The molecule has 1 heterocycles. The van der Waals surface area contributed by atoms with Crippen molar-refractivity contribution in [3.05, 3.63) is 28.5 Å². The third kappa shape index (κ3) is 5.63. The van der Waals surface area contributed by atoms with Crippen LogP contribution in [-0.4, -0.2) is 18.5 Å². The number of methoxy groups -OCH3 is 1. The average Bonchev–Trinajstić information content (AvgIpc) is 2.22. The van der Waals surface area contributed by atoms with Crippen molar-refractivity contribution >= 4 is 22.3 Å². The van der Waals surface area contributed by atoms with Gasteiger partial charge in [0.25, 0.3) is 0 Å². The average molecular weight is 262 g/mol. The Labute approximate surface area is 90.8 Å². The van der Waals surface area contributed by atoms with Gasteiger partial charge in [-0.25, -0.2) is 5.84 Å². The molecule has 3 N–H and O–H groups in total. The zero-order valence-electron chi connectivity index (χ0n) is 7.74. The Morgan fingerprint density at radius 3 is 2.86 bits per heavy atom. The molecule has 1 rings (SSSR count). The van der Waals surface area contributed by atoms with E-state index in [1.54, 1.807) is 18.7 Å². The van der Waals surface area contributed by atoms with E-state index >= 15 is 0 Å². The van der Waals surface area contributed by atoms with Crippen molar-refractivity contribution in [2.75, 3.05) is 7.11 Å². The van der Waals surface area contributed by atoms with E-state index in [0.717, 1.165) is 10.2 Å². The summed E-state index contributed by atoms with van der Waals surface area (Å²) in [6.07, 6.45) is 2.15. The summed E-state index contributed by atoms with van der Waals surface area (Å²) in [5.74, 6) is 4.41. The van der Waals surface area contributed by atoms with Crippen molar-refractivity contribution in [1.82, 2.24) is 10.4 Å². The lowest BCUT2D eigenvalue weighted by atomic mass is 10.4. The molecule has 1 amide bonds. The minimum Gasteiger partial charge on any atom is -0.378 e. The van der Waals surface area contributed by atoms with Crippen LogP contribution in [0.15, 0.2) is 22.8 Å². The first-order chi connectivity index (χ1) is 6.76. The molecule has 0 atom stereocenters. The van der Waals surface area contributed by atoms with Crippen LogP contribution >= 0.6 is 15.9 Å². The number of pyridine rings is 1. The van der Waals surface area contributed by atoms with Crippen LogP contribution in [0, 0.1) is 0 Å². The van der Waals surface area contributed by atoms with Gasteiger partial charge in [0.1, 0.15) is 0 Å². The maximum atomic E-state index is 8.94. The van der Waals surface area contributed by atoms with E-state index in [1.807, 2.05) is 12.1 Å². The molecule has 0 saturated heterocycles. The van der Waals surface area contributed by atoms with E-state index in [4.69, 9.17) is 9.53 Å². The van der Waals surface area contributed by atoms with Gasteiger partial charge in [-0.3, -0.25) is 15.2 Å². The van der Waals surface area contributed by atoms with E-state index in [1.165, 1.54) is 0 Å². The minimum absolute atomic E-state index is 0.403. The minimum atomic E-state index is 0.403. The standard InChI is InChI=1S/C7H8BrNO.CH4N2O/c1-10-5-7-6(8)3-2-4-9-7;2-3-1-4/h2-4H,5H2,1H3;1H,2H2,(H,3,4). The zero-order chi connectivity index (χ0) is 10.8. The molecule has 0 aromatic carbocycles. The first-order valence-corrected chi connectivity index (χ1v) is 4.53. The van der Waals surface area contributed by atoms with Gasteiger partial charge >= 0.3 is 0 Å². The lowest BCUT2D eigenvalue weighted by molar-refractivity contribution is -0.109. The van der Waals surface area contributed by atoms with Crippen molar-refractivity contribution in [1.29, 1.82) is 0 Å². The summed E-state index contributed by atoms with van der Waals surface area (Å²) in [5.41, 5.74) is 2.69. The van der Waals surface area contributed by atoms with Gasteiger partial charge in [0.15, 0.2) is 0 Å². The van der Waals surface area contributed by atoms with Gasteiger partial charge in [0, 0.05) is 17.8 Å². The van der Waals surface area contributed by atoms with Crippen LogP contribution in [0.4, 0.5) is 0 Å². The summed E-state index contributed by atoms with van der Waals surface area (Å²) in [7, 11) is 1.65. The van der Waals surface area contributed by atoms with E-state index in [0.29, 0.717) is 13.0 Å². The molecule has 0 spiro atoms. The lowest BCUT2D eigenvalue weighted by Gasteiger charge is -1.99. The number of carbonyl (C=O) groups excluding carboxylic acids is 1. The van der Waals surface area contributed by atoms with Crippen molar-refractivity contribution in [2.45, 2.75) is 6.61 Å². The highest BCUT2D eigenvalue weighted by atomic mass is 79.9. The SMILES string of the molecule is COCc1ncccc1Br.NNC=O. The molecular formula is C8H12BrN3O2. The van der Waals surface area contributed by atoms with Gasteiger partial charge < -0.3 is 4.74 Å². The number of carbonyl (C=O) groups is 1. The summed E-state index contributed by atoms with van der Waals surface area (Å²) < 4.78 is 5.91. The summed E-state index contributed by atoms with van der Waals surface area (Å²) in [6.45, 7) is 0.557. The first-order valence-electron chi connectivity index (χ1n) is 3.74. The number of hydrogen-bond acceptors (Lipinski definition) is 4. The van der Waals surface area contributed by atoms with Gasteiger partial charge in [-0.05, 0) is 28.1 Å². The molecule has 0 aliphatic heterocycles. The molecule has 0 bridgehead atoms. The Kier molecular flexibility index (Phi) is 8.01.